The van der Waals surface area contributed by atoms with Gasteiger partial charge in [-0.15, -0.1) is 11.3 Å². The maximum atomic E-state index is 12.1. The van der Waals surface area contributed by atoms with E-state index >= 15 is 0 Å². The molecule has 0 aliphatic heterocycles. The number of hydrogen-bond donors (Lipinski definition) is 3. The van der Waals surface area contributed by atoms with Crippen LogP contribution in [0.5, 0.6) is 0 Å². The third-order valence-electron chi connectivity index (χ3n) is 3.42. The molecule has 0 aliphatic carbocycles. The summed E-state index contributed by atoms with van der Waals surface area (Å²) in [6, 6.07) is 0. The maximum Gasteiger partial charge on any atom is 0.259 e. The lowest BCUT2D eigenvalue weighted by Gasteiger charge is -2.18. The Morgan fingerprint density at radius 1 is 1.41 bits per heavy atom. The number of aromatic amines is 1. The minimum atomic E-state index is -0.437. The van der Waals surface area contributed by atoms with Crippen LogP contribution in [0.25, 0.3) is 10.2 Å². The van der Waals surface area contributed by atoms with Crippen LogP contribution in [0.1, 0.15) is 36.5 Å². The molecule has 0 aromatic carbocycles. The highest BCUT2D eigenvalue weighted by atomic mass is 32.1. The molecule has 120 valence electrons. The summed E-state index contributed by atoms with van der Waals surface area (Å²) in [7, 11) is 0. The number of nitrogens with zero attached hydrogens (tertiary/aromatic N) is 1. The third-order valence-corrected chi connectivity index (χ3v) is 4.52. The van der Waals surface area contributed by atoms with Crippen molar-refractivity contribution >= 4 is 27.5 Å². The lowest BCUT2D eigenvalue weighted by molar-refractivity contribution is -0.121. The molecule has 4 N–H and O–H groups in total. The zero-order chi connectivity index (χ0) is 16.5. The molecule has 0 spiro atoms. The molecule has 0 bridgehead atoms. The molecular weight excluding hydrogens is 300 g/mol. The molecule has 22 heavy (non-hydrogen) atoms. The summed E-state index contributed by atoms with van der Waals surface area (Å²) >= 11 is 1.51. The lowest BCUT2D eigenvalue weighted by Crippen LogP contribution is -2.45. The summed E-state index contributed by atoms with van der Waals surface area (Å²) in [6.07, 6.45) is 0.672. The summed E-state index contributed by atoms with van der Waals surface area (Å²) in [6.45, 7) is 8.01. The molecule has 0 saturated heterocycles. The van der Waals surface area contributed by atoms with Crippen LogP contribution in [0.15, 0.2) is 4.79 Å². The summed E-state index contributed by atoms with van der Waals surface area (Å²) in [5.41, 5.74) is 6.22. The van der Waals surface area contributed by atoms with E-state index in [0.29, 0.717) is 24.2 Å². The Labute approximate surface area is 133 Å². The molecule has 2 heterocycles. The second-order valence-electron chi connectivity index (χ2n) is 6.24. The summed E-state index contributed by atoms with van der Waals surface area (Å²) in [5, 5.41) is 3.43. The van der Waals surface area contributed by atoms with Crippen LogP contribution < -0.4 is 16.6 Å². The van der Waals surface area contributed by atoms with Crippen molar-refractivity contribution in [3.05, 3.63) is 26.6 Å². The van der Waals surface area contributed by atoms with Crippen molar-refractivity contribution in [1.82, 2.24) is 15.3 Å². The highest BCUT2D eigenvalue weighted by Gasteiger charge is 2.14. The van der Waals surface area contributed by atoms with Gasteiger partial charge < -0.3 is 16.0 Å². The SMILES string of the molecule is Cc1sc2nc(CCC(=O)NCC(C)(C)N)[nH]c(=O)c2c1C. The lowest BCUT2D eigenvalue weighted by atomic mass is 10.1. The van der Waals surface area contributed by atoms with Crippen molar-refractivity contribution in [2.45, 2.75) is 46.1 Å². The first-order chi connectivity index (χ1) is 10.2. The second-order valence-corrected chi connectivity index (χ2v) is 7.44. The Bertz CT molecular complexity index is 755. The van der Waals surface area contributed by atoms with Gasteiger partial charge in [0, 0.05) is 29.8 Å². The van der Waals surface area contributed by atoms with Crippen LogP contribution in [0, 0.1) is 13.8 Å². The average molecular weight is 322 g/mol. The van der Waals surface area contributed by atoms with Gasteiger partial charge in [-0.25, -0.2) is 4.98 Å². The Balaban J connectivity index is 2.07. The van der Waals surface area contributed by atoms with E-state index in [2.05, 4.69) is 15.3 Å². The van der Waals surface area contributed by atoms with E-state index in [1.807, 2.05) is 27.7 Å². The number of fused-ring (bicyclic) bond motifs is 1. The molecule has 2 aromatic rings. The third kappa shape index (κ3) is 3.92. The highest BCUT2D eigenvalue weighted by Crippen LogP contribution is 2.25. The summed E-state index contributed by atoms with van der Waals surface area (Å²) < 4.78 is 0. The number of hydrogen-bond acceptors (Lipinski definition) is 5. The molecule has 0 radical (unpaired) electrons. The van der Waals surface area contributed by atoms with Crippen molar-refractivity contribution in [3.8, 4) is 0 Å². The van der Waals surface area contributed by atoms with Crippen LogP contribution in [0.2, 0.25) is 0 Å². The predicted molar refractivity (Wildman–Crippen MR) is 89.3 cm³/mol. The van der Waals surface area contributed by atoms with Crippen molar-refractivity contribution in [1.29, 1.82) is 0 Å². The molecule has 0 fully saturated rings. The summed E-state index contributed by atoms with van der Waals surface area (Å²) in [5.74, 6) is 0.445. The van der Waals surface area contributed by atoms with Crippen molar-refractivity contribution in [2.24, 2.45) is 5.73 Å². The number of aromatic nitrogens is 2. The van der Waals surface area contributed by atoms with Crippen molar-refractivity contribution < 1.29 is 4.79 Å². The normalized spacial score (nSPS) is 11.9. The molecule has 0 aliphatic rings. The molecular formula is C15H22N4O2S. The minimum Gasteiger partial charge on any atom is -0.354 e. The zero-order valence-corrected chi connectivity index (χ0v) is 14.2. The van der Waals surface area contributed by atoms with Gasteiger partial charge in [-0.3, -0.25) is 9.59 Å². The largest absolute Gasteiger partial charge is 0.354 e. The quantitative estimate of drug-likeness (QED) is 0.774. The van der Waals surface area contributed by atoms with Gasteiger partial charge in [0.1, 0.15) is 10.7 Å². The van der Waals surface area contributed by atoms with E-state index in [-0.39, 0.29) is 17.9 Å². The van der Waals surface area contributed by atoms with E-state index in [4.69, 9.17) is 5.73 Å². The number of rotatable bonds is 5. The average Bonchev–Trinajstić information content (AvgIpc) is 2.69. The van der Waals surface area contributed by atoms with E-state index < -0.39 is 5.54 Å². The fourth-order valence-corrected chi connectivity index (χ4v) is 3.11. The van der Waals surface area contributed by atoms with E-state index in [9.17, 15) is 9.59 Å². The standard InChI is InChI=1S/C15H22N4O2S/c1-8-9(2)22-14-12(8)13(21)18-10(19-14)5-6-11(20)17-7-15(3,4)16/h5-7,16H2,1-4H3,(H,17,20)(H,18,19,21). The molecule has 0 saturated carbocycles. The van der Waals surface area contributed by atoms with Gasteiger partial charge in [0.2, 0.25) is 5.91 Å². The van der Waals surface area contributed by atoms with Gasteiger partial charge in [0.05, 0.1) is 5.39 Å². The van der Waals surface area contributed by atoms with Crippen LogP contribution >= 0.6 is 11.3 Å². The first kappa shape index (κ1) is 16.6. The van der Waals surface area contributed by atoms with E-state index in [1.165, 1.54) is 11.3 Å². The smallest absolute Gasteiger partial charge is 0.259 e. The van der Waals surface area contributed by atoms with Crippen molar-refractivity contribution in [2.75, 3.05) is 6.54 Å². The Morgan fingerprint density at radius 2 is 2.09 bits per heavy atom. The molecule has 7 heteroatoms. The second kappa shape index (κ2) is 6.18. The fraction of sp³-hybridized carbons (Fsp3) is 0.533. The van der Waals surface area contributed by atoms with Gasteiger partial charge in [-0.2, -0.15) is 0 Å². The number of carbonyl (C=O) groups is 1. The van der Waals surface area contributed by atoms with Gasteiger partial charge in [0.25, 0.3) is 5.56 Å². The maximum absolute atomic E-state index is 12.1. The van der Waals surface area contributed by atoms with Crippen LogP contribution in [-0.4, -0.2) is 28.0 Å². The van der Waals surface area contributed by atoms with Crippen LogP contribution in [-0.2, 0) is 11.2 Å². The molecule has 6 nitrogen and oxygen atoms in total. The number of carbonyl (C=O) groups excluding carboxylic acids is 1. The van der Waals surface area contributed by atoms with Gasteiger partial charge in [-0.05, 0) is 33.3 Å². The van der Waals surface area contributed by atoms with Gasteiger partial charge in [0.15, 0.2) is 0 Å². The predicted octanol–water partition coefficient (Wildman–Crippen LogP) is 1.39. The zero-order valence-electron chi connectivity index (χ0n) is 13.4. The highest BCUT2D eigenvalue weighted by molar-refractivity contribution is 7.18. The van der Waals surface area contributed by atoms with E-state index in [1.54, 1.807) is 0 Å². The number of nitrogens with one attached hydrogen (secondary N) is 2. The van der Waals surface area contributed by atoms with Gasteiger partial charge in [-0.1, -0.05) is 0 Å². The number of aryl methyl sites for hydroxylation is 3. The Kier molecular flexibility index (Phi) is 4.67. The Hall–Kier alpha value is -1.73. The number of amides is 1. The topological polar surface area (TPSA) is 101 Å². The molecule has 2 aromatic heterocycles. The monoisotopic (exact) mass is 322 g/mol. The number of H-pyrrole nitrogens is 1. The minimum absolute atomic E-state index is 0.0974. The molecule has 2 rings (SSSR count). The van der Waals surface area contributed by atoms with Gasteiger partial charge >= 0.3 is 0 Å². The number of thiophene rings is 1. The molecule has 1 amide bonds. The number of nitrogens with two attached hydrogens (primary N) is 1. The molecule has 0 atom stereocenters. The first-order valence-corrected chi connectivity index (χ1v) is 8.03. The first-order valence-electron chi connectivity index (χ1n) is 7.22. The van der Waals surface area contributed by atoms with Crippen LogP contribution in [0.3, 0.4) is 0 Å². The van der Waals surface area contributed by atoms with Crippen molar-refractivity contribution in [3.63, 3.8) is 0 Å². The Morgan fingerprint density at radius 3 is 2.73 bits per heavy atom. The fourth-order valence-electron chi connectivity index (χ4n) is 2.06. The molecule has 0 unspecified atom stereocenters. The van der Waals surface area contributed by atoms with E-state index in [0.717, 1.165) is 15.3 Å². The summed E-state index contributed by atoms with van der Waals surface area (Å²) in [4.78, 5) is 33.0. The van der Waals surface area contributed by atoms with Crippen LogP contribution in [0.4, 0.5) is 0 Å².